The Kier molecular flexibility index (Phi) is 8.78. The Morgan fingerprint density at radius 3 is 2.59 bits per heavy atom. The maximum atomic E-state index is 13.4. The highest BCUT2D eigenvalue weighted by Gasteiger charge is 2.18. The Balaban J connectivity index is 2.08. The maximum Gasteiger partial charge on any atom is 0.282 e. The number of ether oxygens (including phenoxy) is 2. The number of fused-ring (bicyclic) bond motifs is 1. The second-order valence-corrected chi connectivity index (χ2v) is 11.5. The van der Waals surface area contributed by atoms with Crippen molar-refractivity contribution >= 4 is 55.6 Å². The van der Waals surface area contributed by atoms with Crippen LogP contribution in [0.15, 0.2) is 44.7 Å². The fraction of sp³-hybridized carbons (Fsp3) is 0.423. The van der Waals surface area contributed by atoms with Gasteiger partial charge < -0.3 is 9.47 Å². The minimum absolute atomic E-state index is 0.0261. The normalized spacial score (nSPS) is 12.9. The number of nitrogens with zero attached hydrogens (tertiary/aromatic N) is 3. The van der Waals surface area contributed by atoms with Crippen LogP contribution >= 0.6 is 38.5 Å². The van der Waals surface area contributed by atoms with Crippen LogP contribution in [-0.2, 0) is 0 Å². The summed E-state index contributed by atoms with van der Waals surface area (Å²) in [6.07, 6.45) is 2.52. The molecule has 3 rings (SSSR count). The van der Waals surface area contributed by atoms with E-state index in [1.54, 1.807) is 12.3 Å². The van der Waals surface area contributed by atoms with Crippen LogP contribution in [0.3, 0.4) is 0 Å². The minimum Gasteiger partial charge on any atom is -0.490 e. The molecule has 0 aliphatic rings. The second kappa shape index (κ2) is 11.2. The zero-order chi connectivity index (χ0) is 25.0. The van der Waals surface area contributed by atoms with Gasteiger partial charge in [-0.15, -0.1) is 0 Å². The SMILES string of the molecule is CCOc1cc(C=Nn2c([C@H](C)CC)nc3ccc(Br)cc3c2=O)cc(I)c1OCC(C)(C)C. The molecule has 6 nitrogen and oxygen atoms in total. The lowest BCUT2D eigenvalue weighted by Crippen LogP contribution is -2.23. The van der Waals surface area contributed by atoms with Crippen LogP contribution in [0, 0.1) is 8.99 Å². The number of benzene rings is 2. The van der Waals surface area contributed by atoms with Gasteiger partial charge in [-0.05, 0) is 77.2 Å². The molecule has 8 heteroatoms. The molecule has 3 aromatic rings. The summed E-state index contributed by atoms with van der Waals surface area (Å²) in [6, 6.07) is 9.40. The molecular formula is C26H31BrIN3O3. The van der Waals surface area contributed by atoms with Crippen LogP contribution in [0.25, 0.3) is 10.9 Å². The Hall–Kier alpha value is -1.94. The number of hydrogen-bond acceptors (Lipinski definition) is 5. The van der Waals surface area contributed by atoms with Crippen LogP contribution in [0.5, 0.6) is 11.5 Å². The largest absolute Gasteiger partial charge is 0.490 e. The molecule has 0 N–H and O–H groups in total. The van der Waals surface area contributed by atoms with Crippen molar-refractivity contribution in [2.45, 2.75) is 53.9 Å². The van der Waals surface area contributed by atoms with Crippen molar-refractivity contribution in [3.8, 4) is 11.5 Å². The van der Waals surface area contributed by atoms with E-state index in [0.29, 0.717) is 35.7 Å². The fourth-order valence-corrected chi connectivity index (χ4v) is 4.40. The highest BCUT2D eigenvalue weighted by atomic mass is 127. The molecule has 0 saturated carbocycles. The average molecular weight is 640 g/mol. The Labute approximate surface area is 223 Å². The Bertz CT molecular complexity index is 1260. The third-order valence-electron chi connectivity index (χ3n) is 5.19. The van der Waals surface area contributed by atoms with Crippen molar-refractivity contribution in [1.82, 2.24) is 9.66 Å². The molecule has 2 aromatic carbocycles. The molecular weight excluding hydrogens is 609 g/mol. The van der Waals surface area contributed by atoms with E-state index in [1.165, 1.54) is 4.68 Å². The van der Waals surface area contributed by atoms with Gasteiger partial charge in [0.15, 0.2) is 11.5 Å². The van der Waals surface area contributed by atoms with E-state index in [4.69, 9.17) is 14.5 Å². The van der Waals surface area contributed by atoms with E-state index in [9.17, 15) is 4.79 Å². The van der Waals surface area contributed by atoms with Crippen molar-refractivity contribution in [3.63, 3.8) is 0 Å². The molecule has 1 atom stereocenters. The Morgan fingerprint density at radius 2 is 1.94 bits per heavy atom. The van der Waals surface area contributed by atoms with Gasteiger partial charge in [0.1, 0.15) is 5.82 Å². The monoisotopic (exact) mass is 639 g/mol. The summed E-state index contributed by atoms with van der Waals surface area (Å²) < 4.78 is 15.1. The summed E-state index contributed by atoms with van der Waals surface area (Å²) >= 11 is 5.70. The van der Waals surface area contributed by atoms with Gasteiger partial charge in [-0.1, -0.05) is 50.5 Å². The summed E-state index contributed by atoms with van der Waals surface area (Å²) in [6.45, 7) is 13.5. The first-order chi connectivity index (χ1) is 16.0. The molecule has 0 unspecified atom stereocenters. The molecule has 182 valence electrons. The third-order valence-corrected chi connectivity index (χ3v) is 6.48. The molecule has 34 heavy (non-hydrogen) atoms. The Morgan fingerprint density at radius 1 is 1.21 bits per heavy atom. The summed E-state index contributed by atoms with van der Waals surface area (Å²) in [7, 11) is 0. The molecule has 0 bridgehead atoms. The van der Waals surface area contributed by atoms with Crippen molar-refractivity contribution in [1.29, 1.82) is 0 Å². The van der Waals surface area contributed by atoms with Crippen molar-refractivity contribution in [2.24, 2.45) is 10.5 Å². The standard InChI is InChI=1S/C26H31BrIN3O3/c1-7-16(3)24-30-21-10-9-18(27)13-19(21)25(32)31(24)29-14-17-11-20(28)23(22(12-17)33-8-2)34-15-26(4,5)6/h9-14,16H,7-8,15H2,1-6H3/t16-/m1/s1. The third kappa shape index (κ3) is 6.38. The van der Waals surface area contributed by atoms with Gasteiger partial charge in [0.2, 0.25) is 0 Å². The smallest absolute Gasteiger partial charge is 0.282 e. The first-order valence-corrected chi connectivity index (χ1v) is 13.3. The van der Waals surface area contributed by atoms with E-state index >= 15 is 0 Å². The van der Waals surface area contributed by atoms with Crippen molar-refractivity contribution in [2.75, 3.05) is 13.2 Å². The van der Waals surface area contributed by atoms with Gasteiger partial charge in [0.25, 0.3) is 5.56 Å². The van der Waals surface area contributed by atoms with E-state index in [0.717, 1.165) is 25.8 Å². The number of hydrogen-bond donors (Lipinski definition) is 0. The zero-order valence-electron chi connectivity index (χ0n) is 20.5. The quantitative estimate of drug-likeness (QED) is 0.197. The summed E-state index contributed by atoms with van der Waals surface area (Å²) in [5.41, 5.74) is 1.32. The van der Waals surface area contributed by atoms with Gasteiger partial charge in [-0.25, -0.2) is 4.98 Å². The molecule has 0 aliphatic heterocycles. The van der Waals surface area contributed by atoms with Gasteiger partial charge in [-0.3, -0.25) is 4.79 Å². The molecule has 0 amide bonds. The first kappa shape index (κ1) is 26.7. The predicted molar refractivity (Wildman–Crippen MR) is 151 cm³/mol. The van der Waals surface area contributed by atoms with Gasteiger partial charge >= 0.3 is 0 Å². The van der Waals surface area contributed by atoms with Crippen LogP contribution in [0.1, 0.15) is 65.3 Å². The molecule has 0 fully saturated rings. The topological polar surface area (TPSA) is 65.7 Å². The molecule has 0 radical (unpaired) electrons. The number of rotatable bonds is 8. The summed E-state index contributed by atoms with van der Waals surface area (Å²) in [5.74, 6) is 2.10. The van der Waals surface area contributed by atoms with E-state index in [2.05, 4.69) is 78.2 Å². The maximum absolute atomic E-state index is 13.4. The van der Waals surface area contributed by atoms with E-state index < -0.39 is 0 Å². The van der Waals surface area contributed by atoms with Crippen LogP contribution in [0.2, 0.25) is 0 Å². The van der Waals surface area contributed by atoms with E-state index in [1.807, 2.05) is 31.2 Å². The summed E-state index contributed by atoms with van der Waals surface area (Å²) in [4.78, 5) is 18.1. The molecule has 0 aliphatic carbocycles. The predicted octanol–water partition coefficient (Wildman–Crippen LogP) is 6.98. The minimum atomic E-state index is -0.192. The molecule has 1 heterocycles. The van der Waals surface area contributed by atoms with Crippen LogP contribution in [0.4, 0.5) is 0 Å². The highest BCUT2D eigenvalue weighted by Crippen LogP contribution is 2.35. The lowest BCUT2D eigenvalue weighted by molar-refractivity contribution is 0.187. The van der Waals surface area contributed by atoms with Crippen LogP contribution in [-0.4, -0.2) is 29.1 Å². The zero-order valence-corrected chi connectivity index (χ0v) is 24.2. The lowest BCUT2D eigenvalue weighted by Gasteiger charge is -2.21. The molecule has 1 aromatic heterocycles. The number of aromatic nitrogens is 2. The highest BCUT2D eigenvalue weighted by molar-refractivity contribution is 14.1. The van der Waals surface area contributed by atoms with Crippen LogP contribution < -0.4 is 15.0 Å². The van der Waals surface area contributed by atoms with Crippen molar-refractivity contribution < 1.29 is 9.47 Å². The van der Waals surface area contributed by atoms with Gasteiger partial charge in [0, 0.05) is 10.4 Å². The lowest BCUT2D eigenvalue weighted by atomic mass is 9.99. The fourth-order valence-electron chi connectivity index (χ4n) is 3.26. The van der Waals surface area contributed by atoms with Gasteiger partial charge in [-0.2, -0.15) is 9.78 Å². The molecule has 0 spiro atoms. The van der Waals surface area contributed by atoms with E-state index in [-0.39, 0.29) is 16.9 Å². The average Bonchev–Trinajstić information content (AvgIpc) is 2.77. The second-order valence-electron chi connectivity index (χ2n) is 9.41. The molecule has 0 saturated heterocycles. The summed E-state index contributed by atoms with van der Waals surface area (Å²) in [5, 5.41) is 5.11. The number of halogens is 2. The first-order valence-electron chi connectivity index (χ1n) is 11.4. The van der Waals surface area contributed by atoms with Crippen molar-refractivity contribution in [3.05, 3.63) is 60.1 Å². The van der Waals surface area contributed by atoms with Gasteiger partial charge in [0.05, 0.1) is 33.9 Å².